The second-order valence-corrected chi connectivity index (χ2v) is 9.34. The second kappa shape index (κ2) is 8.15. The van der Waals surface area contributed by atoms with Crippen LogP contribution in [0.1, 0.15) is 25.0 Å². The van der Waals surface area contributed by atoms with E-state index in [9.17, 15) is 26.7 Å². The Morgan fingerprint density at radius 1 is 1.22 bits per heavy atom. The molecule has 0 aliphatic heterocycles. The van der Waals surface area contributed by atoms with Gasteiger partial charge in [-0.2, -0.15) is 18.3 Å². The monoisotopic (exact) mass is 470 g/mol. The zero-order chi connectivity index (χ0) is 23.9. The predicted molar refractivity (Wildman–Crippen MR) is 110 cm³/mol. The van der Waals surface area contributed by atoms with Gasteiger partial charge in [-0.25, -0.2) is 23.5 Å². The molecule has 0 saturated carbocycles. The first kappa shape index (κ1) is 23.6. The van der Waals surface area contributed by atoms with Crippen LogP contribution < -0.4 is 10.5 Å². The van der Waals surface area contributed by atoms with Gasteiger partial charge in [0, 0.05) is 18.0 Å². The van der Waals surface area contributed by atoms with Crippen molar-refractivity contribution in [3.63, 3.8) is 0 Å². The normalized spacial score (nSPS) is 12.8. The fourth-order valence-corrected chi connectivity index (χ4v) is 3.75. The molecule has 0 aliphatic carbocycles. The van der Waals surface area contributed by atoms with Crippen molar-refractivity contribution in [2.45, 2.75) is 44.0 Å². The third-order valence-corrected chi connectivity index (χ3v) is 5.28. The maximum Gasteiger partial charge on any atom is 0.419 e. The van der Waals surface area contributed by atoms with Gasteiger partial charge in [0.05, 0.1) is 29.7 Å². The number of nitrogens with one attached hydrogen (secondary N) is 1. The minimum absolute atomic E-state index is 0.0449. The van der Waals surface area contributed by atoms with E-state index in [1.807, 2.05) is 0 Å². The van der Waals surface area contributed by atoms with Gasteiger partial charge in [-0.3, -0.25) is 4.68 Å². The SMILES string of the molecule is Cc1cccc(S(N)(=O)=O)c1Nc1ncc(C(F)(F)F)c(-c2cnn(CC(C)(C)O)c2)n1. The van der Waals surface area contributed by atoms with E-state index >= 15 is 0 Å². The van der Waals surface area contributed by atoms with Gasteiger partial charge in [-0.15, -0.1) is 0 Å². The van der Waals surface area contributed by atoms with E-state index in [0.29, 0.717) is 11.8 Å². The lowest BCUT2D eigenvalue weighted by Gasteiger charge is -2.16. The molecule has 3 aromatic rings. The van der Waals surface area contributed by atoms with Crippen molar-refractivity contribution in [1.29, 1.82) is 0 Å². The van der Waals surface area contributed by atoms with Crippen LogP contribution >= 0.6 is 0 Å². The largest absolute Gasteiger partial charge is 0.419 e. The molecule has 32 heavy (non-hydrogen) atoms. The number of aliphatic hydroxyl groups is 1. The number of aromatic nitrogens is 4. The van der Waals surface area contributed by atoms with Gasteiger partial charge in [-0.1, -0.05) is 12.1 Å². The summed E-state index contributed by atoms with van der Waals surface area (Å²) in [6.07, 6.45) is -1.63. The van der Waals surface area contributed by atoms with Crippen molar-refractivity contribution in [3.8, 4) is 11.3 Å². The number of hydrogen-bond donors (Lipinski definition) is 3. The summed E-state index contributed by atoms with van der Waals surface area (Å²) in [4.78, 5) is 7.45. The molecule has 4 N–H and O–H groups in total. The molecule has 2 heterocycles. The number of halogens is 3. The third kappa shape index (κ3) is 5.41. The van der Waals surface area contributed by atoms with Crippen LogP contribution in [-0.2, 0) is 22.7 Å². The molecule has 0 saturated heterocycles. The highest BCUT2D eigenvalue weighted by atomic mass is 32.2. The van der Waals surface area contributed by atoms with Crippen molar-refractivity contribution in [2.24, 2.45) is 5.14 Å². The zero-order valence-electron chi connectivity index (χ0n) is 17.3. The standard InChI is InChI=1S/C19H21F3N6O3S/c1-11-5-4-6-14(32(23,30)31)15(11)26-17-24-8-13(19(20,21)22)16(27-17)12-7-25-28(9-12)10-18(2,3)29/h4-9,29H,10H2,1-3H3,(H2,23,30,31)(H,24,26,27). The van der Waals surface area contributed by atoms with Crippen LogP contribution in [0.4, 0.5) is 24.8 Å². The number of alkyl halides is 3. The van der Waals surface area contributed by atoms with Crippen molar-refractivity contribution < 1.29 is 26.7 Å². The van der Waals surface area contributed by atoms with Crippen LogP contribution in [0.25, 0.3) is 11.3 Å². The van der Waals surface area contributed by atoms with Crippen molar-refractivity contribution in [3.05, 3.63) is 47.9 Å². The summed E-state index contributed by atoms with van der Waals surface area (Å²) in [7, 11) is -4.12. The van der Waals surface area contributed by atoms with E-state index in [2.05, 4.69) is 20.4 Å². The maximum atomic E-state index is 13.6. The summed E-state index contributed by atoms with van der Waals surface area (Å²) in [5.41, 5.74) is -2.12. The summed E-state index contributed by atoms with van der Waals surface area (Å²) in [6.45, 7) is 4.72. The van der Waals surface area contributed by atoms with Crippen LogP contribution in [-0.4, -0.2) is 38.9 Å². The van der Waals surface area contributed by atoms with Crippen LogP contribution in [0.2, 0.25) is 0 Å². The number of benzene rings is 1. The number of hydrogen-bond acceptors (Lipinski definition) is 7. The lowest BCUT2D eigenvalue weighted by Crippen LogP contribution is -2.26. The summed E-state index contributed by atoms with van der Waals surface area (Å²) in [5, 5.41) is 21.8. The van der Waals surface area contributed by atoms with Crippen LogP contribution in [0.3, 0.4) is 0 Å². The summed E-state index contributed by atoms with van der Waals surface area (Å²) in [5.74, 6) is -0.262. The minimum atomic E-state index is -4.75. The molecule has 0 aliphatic rings. The van der Waals surface area contributed by atoms with E-state index in [1.54, 1.807) is 13.0 Å². The molecule has 13 heteroatoms. The molecule has 172 valence electrons. The number of aryl methyl sites for hydroxylation is 1. The molecule has 0 atom stereocenters. The molecule has 1 aromatic carbocycles. The molecular formula is C19H21F3N6O3S. The molecule has 2 aromatic heterocycles. The van der Waals surface area contributed by atoms with Crippen molar-refractivity contribution in [1.82, 2.24) is 19.7 Å². The van der Waals surface area contributed by atoms with Crippen molar-refractivity contribution in [2.75, 3.05) is 5.32 Å². The average molecular weight is 470 g/mol. The number of primary sulfonamides is 1. The van der Waals surface area contributed by atoms with Gasteiger partial charge >= 0.3 is 6.18 Å². The number of sulfonamides is 1. The highest BCUT2D eigenvalue weighted by molar-refractivity contribution is 7.89. The lowest BCUT2D eigenvalue weighted by molar-refractivity contribution is -0.137. The van der Waals surface area contributed by atoms with E-state index in [4.69, 9.17) is 5.14 Å². The smallest absolute Gasteiger partial charge is 0.389 e. The Hall–Kier alpha value is -3.03. The Kier molecular flexibility index (Phi) is 6.02. The lowest BCUT2D eigenvalue weighted by atomic mass is 10.1. The van der Waals surface area contributed by atoms with Crippen molar-refractivity contribution >= 4 is 21.7 Å². The van der Waals surface area contributed by atoms with Crippen LogP contribution in [0.15, 0.2) is 41.7 Å². The van der Waals surface area contributed by atoms with E-state index < -0.39 is 33.1 Å². The number of para-hydroxylation sites is 1. The van der Waals surface area contributed by atoms with Crippen LogP contribution in [0, 0.1) is 6.92 Å². The fraction of sp³-hybridized carbons (Fsp3) is 0.316. The summed E-state index contributed by atoms with van der Waals surface area (Å²) >= 11 is 0. The molecule has 9 nitrogen and oxygen atoms in total. The maximum absolute atomic E-state index is 13.6. The molecule has 3 rings (SSSR count). The molecule has 0 bridgehead atoms. The first-order valence-corrected chi connectivity index (χ1v) is 10.8. The first-order valence-electron chi connectivity index (χ1n) is 9.24. The number of anilines is 2. The topological polar surface area (TPSA) is 136 Å². The average Bonchev–Trinajstić information content (AvgIpc) is 3.08. The van der Waals surface area contributed by atoms with Gasteiger partial charge in [0.15, 0.2) is 0 Å². The minimum Gasteiger partial charge on any atom is -0.389 e. The number of nitrogens with two attached hydrogens (primary N) is 1. The van der Waals surface area contributed by atoms with E-state index in [1.165, 1.54) is 43.1 Å². The Bertz CT molecular complexity index is 1250. The summed E-state index contributed by atoms with van der Waals surface area (Å²) in [6, 6.07) is 4.34. The Labute approximate surface area is 182 Å². The van der Waals surface area contributed by atoms with Gasteiger partial charge in [-0.05, 0) is 32.4 Å². The van der Waals surface area contributed by atoms with E-state index in [-0.39, 0.29) is 28.6 Å². The molecule has 0 radical (unpaired) electrons. The van der Waals surface area contributed by atoms with Crippen LogP contribution in [0.5, 0.6) is 0 Å². The molecular weight excluding hydrogens is 449 g/mol. The summed E-state index contributed by atoms with van der Waals surface area (Å²) < 4.78 is 65.9. The third-order valence-electron chi connectivity index (χ3n) is 4.33. The number of rotatable bonds is 6. The quantitative estimate of drug-likeness (QED) is 0.504. The van der Waals surface area contributed by atoms with Gasteiger partial charge in [0.1, 0.15) is 10.5 Å². The predicted octanol–water partition coefficient (Wildman–Crippen LogP) is 2.83. The van der Waals surface area contributed by atoms with E-state index in [0.717, 1.165) is 0 Å². The van der Waals surface area contributed by atoms with Gasteiger partial charge in [0.25, 0.3) is 0 Å². The molecule has 0 unspecified atom stereocenters. The molecule has 0 amide bonds. The highest BCUT2D eigenvalue weighted by Gasteiger charge is 2.36. The molecule has 0 fully saturated rings. The fourth-order valence-electron chi connectivity index (χ4n) is 2.99. The Morgan fingerprint density at radius 3 is 2.50 bits per heavy atom. The Balaban J connectivity index is 2.09. The van der Waals surface area contributed by atoms with Gasteiger partial charge in [0.2, 0.25) is 16.0 Å². The van der Waals surface area contributed by atoms with Gasteiger partial charge < -0.3 is 10.4 Å². The Morgan fingerprint density at radius 2 is 1.91 bits per heavy atom. The first-order chi connectivity index (χ1) is 14.6. The molecule has 0 spiro atoms. The highest BCUT2D eigenvalue weighted by Crippen LogP contribution is 2.36. The zero-order valence-corrected chi connectivity index (χ0v) is 18.2. The number of nitrogens with zero attached hydrogens (tertiary/aromatic N) is 4. The second-order valence-electron chi connectivity index (χ2n) is 7.81.